The van der Waals surface area contributed by atoms with Crippen molar-refractivity contribution in [2.24, 2.45) is 0 Å². The predicted molar refractivity (Wildman–Crippen MR) is 86.7 cm³/mol. The molecule has 1 aromatic carbocycles. The largest absolute Gasteiger partial charge is 0.495 e. The van der Waals surface area contributed by atoms with Crippen molar-refractivity contribution >= 4 is 27.3 Å². The first-order chi connectivity index (χ1) is 11.2. The number of nitrogens with zero attached hydrogens (tertiary/aromatic N) is 2. The van der Waals surface area contributed by atoms with E-state index in [-0.39, 0.29) is 30.3 Å². The second-order valence-corrected chi connectivity index (χ2v) is 6.63. The molecule has 1 amide bonds. The number of carbonyl (C=O) groups is 1. The molecule has 0 saturated carbocycles. The van der Waals surface area contributed by atoms with Crippen LogP contribution in [0.4, 0.5) is 11.4 Å². The Labute approximate surface area is 139 Å². The third-order valence-electron chi connectivity index (χ3n) is 2.96. The van der Waals surface area contributed by atoms with Crippen LogP contribution in [-0.2, 0) is 19.6 Å². The average Bonchev–Trinajstić information content (AvgIpc) is 2.51. The summed E-state index contributed by atoms with van der Waals surface area (Å²) in [6.07, 6.45) is 0.897. The molecule has 0 radical (unpaired) electrons. The first-order valence-electron chi connectivity index (χ1n) is 6.76. The molecule has 24 heavy (non-hydrogen) atoms. The molecule has 1 N–H and O–H groups in total. The molecule has 1 rings (SSSR count). The van der Waals surface area contributed by atoms with Gasteiger partial charge in [0.1, 0.15) is 18.0 Å². The van der Waals surface area contributed by atoms with Gasteiger partial charge in [-0.2, -0.15) is 0 Å². The molecule has 0 atom stereocenters. The van der Waals surface area contributed by atoms with Crippen molar-refractivity contribution in [3.05, 3.63) is 28.3 Å². The highest BCUT2D eigenvalue weighted by Gasteiger charge is 2.26. The van der Waals surface area contributed by atoms with E-state index in [0.29, 0.717) is 0 Å². The summed E-state index contributed by atoms with van der Waals surface area (Å²) in [6, 6.07) is 3.50. The van der Waals surface area contributed by atoms with Gasteiger partial charge in [0.05, 0.1) is 24.9 Å². The standard InChI is InChI=1S/C13H19N3O7S/c1-22-7-6-14-13(17)9-15(24(3,20)21)11-8-10(16(18)19)4-5-12(11)23-2/h4-5,8H,6-7,9H2,1-3H3,(H,14,17). The highest BCUT2D eigenvalue weighted by atomic mass is 32.2. The van der Waals surface area contributed by atoms with Gasteiger partial charge in [0.25, 0.3) is 5.69 Å². The Hall–Kier alpha value is -2.40. The molecule has 0 unspecified atom stereocenters. The van der Waals surface area contributed by atoms with Crippen LogP contribution in [0.25, 0.3) is 0 Å². The number of rotatable bonds is 9. The van der Waals surface area contributed by atoms with E-state index < -0.39 is 27.4 Å². The smallest absolute Gasteiger partial charge is 0.271 e. The minimum atomic E-state index is -3.88. The van der Waals surface area contributed by atoms with Crippen LogP contribution in [0.15, 0.2) is 18.2 Å². The van der Waals surface area contributed by atoms with E-state index in [1.54, 1.807) is 0 Å². The lowest BCUT2D eigenvalue weighted by molar-refractivity contribution is -0.384. The molecule has 0 aliphatic heterocycles. The monoisotopic (exact) mass is 361 g/mol. The third-order valence-corrected chi connectivity index (χ3v) is 4.08. The zero-order valence-electron chi connectivity index (χ0n) is 13.5. The minimum Gasteiger partial charge on any atom is -0.495 e. The molecule has 1 aromatic rings. The van der Waals surface area contributed by atoms with Crippen LogP contribution in [0, 0.1) is 10.1 Å². The molecule has 0 bridgehead atoms. The number of nitro benzene ring substituents is 1. The lowest BCUT2D eigenvalue weighted by Gasteiger charge is -2.23. The van der Waals surface area contributed by atoms with E-state index >= 15 is 0 Å². The highest BCUT2D eigenvalue weighted by molar-refractivity contribution is 7.92. The molecule has 10 nitrogen and oxygen atoms in total. The molecular formula is C13H19N3O7S. The van der Waals surface area contributed by atoms with Crippen LogP contribution >= 0.6 is 0 Å². The number of nitro groups is 1. The van der Waals surface area contributed by atoms with E-state index in [1.807, 2.05) is 0 Å². The Bertz CT molecular complexity index is 706. The molecule has 11 heteroatoms. The van der Waals surface area contributed by atoms with Gasteiger partial charge in [0, 0.05) is 25.8 Å². The normalized spacial score (nSPS) is 11.0. The number of hydrogen-bond acceptors (Lipinski definition) is 7. The number of non-ortho nitro benzene ring substituents is 1. The van der Waals surface area contributed by atoms with E-state index in [0.717, 1.165) is 16.6 Å². The summed E-state index contributed by atoms with van der Waals surface area (Å²) >= 11 is 0. The zero-order valence-corrected chi connectivity index (χ0v) is 14.3. The molecule has 0 fully saturated rings. The van der Waals surface area contributed by atoms with Crippen LogP contribution in [-0.4, -0.2) is 59.4 Å². The number of ether oxygens (including phenoxy) is 2. The first-order valence-corrected chi connectivity index (χ1v) is 8.61. The van der Waals surface area contributed by atoms with E-state index in [1.165, 1.54) is 26.4 Å². The van der Waals surface area contributed by atoms with Gasteiger partial charge in [-0.05, 0) is 6.07 Å². The number of hydrogen-bond donors (Lipinski definition) is 1. The second kappa shape index (κ2) is 8.45. The number of carbonyl (C=O) groups excluding carboxylic acids is 1. The van der Waals surface area contributed by atoms with Gasteiger partial charge in [0.2, 0.25) is 15.9 Å². The Morgan fingerprint density at radius 1 is 1.38 bits per heavy atom. The van der Waals surface area contributed by atoms with Crippen LogP contribution in [0.5, 0.6) is 5.75 Å². The SMILES string of the molecule is COCCNC(=O)CN(c1cc([N+](=O)[O-])ccc1OC)S(C)(=O)=O. The fourth-order valence-electron chi connectivity index (χ4n) is 1.85. The average molecular weight is 361 g/mol. The van der Waals surface area contributed by atoms with Crippen molar-refractivity contribution in [3.8, 4) is 5.75 Å². The third kappa shape index (κ3) is 5.35. The number of anilines is 1. The summed E-state index contributed by atoms with van der Waals surface area (Å²) in [5, 5.41) is 13.4. The van der Waals surface area contributed by atoms with Crippen LogP contribution < -0.4 is 14.4 Å². The Balaban J connectivity index is 3.19. The predicted octanol–water partition coefficient (Wildman–Crippen LogP) is 0.132. The van der Waals surface area contributed by atoms with Gasteiger partial charge in [-0.25, -0.2) is 8.42 Å². The maximum Gasteiger partial charge on any atom is 0.271 e. The lowest BCUT2D eigenvalue weighted by Crippen LogP contribution is -2.41. The highest BCUT2D eigenvalue weighted by Crippen LogP contribution is 2.33. The molecule has 0 aromatic heterocycles. The van der Waals surface area contributed by atoms with Gasteiger partial charge < -0.3 is 14.8 Å². The topological polar surface area (TPSA) is 128 Å². The summed E-state index contributed by atoms with van der Waals surface area (Å²) in [7, 11) is -1.12. The van der Waals surface area contributed by atoms with Crippen LogP contribution in [0.2, 0.25) is 0 Å². The number of benzene rings is 1. The molecule has 0 aliphatic carbocycles. The van der Waals surface area contributed by atoms with Crippen molar-refractivity contribution in [2.75, 3.05) is 44.5 Å². The van der Waals surface area contributed by atoms with E-state index in [4.69, 9.17) is 9.47 Å². The van der Waals surface area contributed by atoms with Gasteiger partial charge in [-0.1, -0.05) is 0 Å². The van der Waals surface area contributed by atoms with Crippen molar-refractivity contribution in [1.82, 2.24) is 5.32 Å². The molecule has 0 aliphatic rings. The fourth-order valence-corrected chi connectivity index (χ4v) is 2.70. The minimum absolute atomic E-state index is 0.0870. The Morgan fingerprint density at radius 3 is 2.54 bits per heavy atom. The molecular weight excluding hydrogens is 342 g/mol. The van der Waals surface area contributed by atoms with Crippen LogP contribution in [0.1, 0.15) is 0 Å². The molecule has 0 spiro atoms. The first kappa shape index (κ1) is 19.6. The van der Waals surface area contributed by atoms with Gasteiger partial charge in [-0.15, -0.1) is 0 Å². The quantitative estimate of drug-likeness (QED) is 0.376. The van der Waals surface area contributed by atoms with Gasteiger partial charge in [-0.3, -0.25) is 19.2 Å². The summed E-state index contributed by atoms with van der Waals surface area (Å²) in [5.74, 6) is -0.484. The molecule has 0 saturated heterocycles. The maximum absolute atomic E-state index is 12.0. The number of nitrogens with one attached hydrogen (secondary N) is 1. The number of sulfonamides is 1. The Morgan fingerprint density at radius 2 is 2.04 bits per heavy atom. The maximum atomic E-state index is 12.0. The van der Waals surface area contributed by atoms with E-state index in [9.17, 15) is 23.3 Å². The van der Waals surface area contributed by atoms with Gasteiger partial charge in [0.15, 0.2) is 0 Å². The van der Waals surface area contributed by atoms with Crippen molar-refractivity contribution in [3.63, 3.8) is 0 Å². The van der Waals surface area contributed by atoms with Crippen molar-refractivity contribution in [1.29, 1.82) is 0 Å². The van der Waals surface area contributed by atoms with Crippen molar-refractivity contribution in [2.45, 2.75) is 0 Å². The van der Waals surface area contributed by atoms with Crippen LogP contribution in [0.3, 0.4) is 0 Å². The fraction of sp³-hybridized carbons (Fsp3) is 0.462. The lowest BCUT2D eigenvalue weighted by atomic mass is 10.2. The summed E-state index contributed by atoms with van der Waals surface area (Å²) < 4.78 is 34.7. The molecule has 134 valence electrons. The van der Waals surface area contributed by atoms with Crippen molar-refractivity contribution < 1.29 is 27.6 Å². The summed E-state index contributed by atoms with van der Waals surface area (Å²) in [5.41, 5.74) is -0.407. The van der Waals surface area contributed by atoms with Gasteiger partial charge >= 0.3 is 0 Å². The summed E-state index contributed by atoms with van der Waals surface area (Å²) in [4.78, 5) is 22.2. The van der Waals surface area contributed by atoms with E-state index in [2.05, 4.69) is 5.32 Å². The Kier molecular flexibility index (Phi) is 6.92. The summed E-state index contributed by atoms with van der Waals surface area (Å²) in [6.45, 7) is -0.0656. The number of methoxy groups -OCH3 is 2. The second-order valence-electron chi connectivity index (χ2n) is 4.73. The zero-order chi connectivity index (χ0) is 18.3. The number of amides is 1. The molecule has 0 heterocycles.